The summed E-state index contributed by atoms with van der Waals surface area (Å²) in [5, 5.41) is 7.67. The van der Waals surface area contributed by atoms with Crippen LogP contribution >= 0.6 is 0 Å². The van der Waals surface area contributed by atoms with E-state index in [4.69, 9.17) is 21.6 Å². The van der Waals surface area contributed by atoms with Gasteiger partial charge in [0.05, 0.1) is 5.56 Å². The molecule has 0 aliphatic rings. The fraction of sp³-hybridized carbons (Fsp3) is 0.0833. The summed E-state index contributed by atoms with van der Waals surface area (Å²) in [6, 6.07) is 21.9. The maximum atomic E-state index is 13.0. The Morgan fingerprint density at radius 2 is 1.69 bits per heavy atom. The van der Waals surface area contributed by atoms with Gasteiger partial charge in [0.15, 0.2) is 5.78 Å². The third-order valence-electron chi connectivity index (χ3n) is 4.39. The topological polar surface area (TPSA) is 102 Å². The molecule has 0 saturated carbocycles. The minimum Gasteiger partial charge on any atom is -0.488 e. The molecule has 0 radical (unpaired) electrons. The van der Waals surface area contributed by atoms with Gasteiger partial charge in [-0.1, -0.05) is 66.7 Å². The minimum absolute atomic E-state index is 0.0974. The van der Waals surface area contributed by atoms with E-state index in [0.717, 1.165) is 11.1 Å². The Kier molecular flexibility index (Phi) is 6.55. The lowest BCUT2D eigenvalue weighted by Gasteiger charge is -2.13. The van der Waals surface area contributed by atoms with Crippen LogP contribution in [0.3, 0.4) is 0 Å². The molecule has 0 fully saturated rings. The molecular formula is C24H23N3O2. The van der Waals surface area contributed by atoms with Gasteiger partial charge in [-0.2, -0.15) is 0 Å². The van der Waals surface area contributed by atoms with Crippen LogP contribution in [-0.4, -0.2) is 18.2 Å². The lowest BCUT2D eigenvalue weighted by Crippen LogP contribution is -2.13. The highest BCUT2D eigenvalue weighted by atomic mass is 16.5. The molecule has 0 amide bonds. The minimum atomic E-state index is -0.175. The predicted octanol–water partition coefficient (Wildman–Crippen LogP) is 3.75. The van der Waals surface area contributed by atoms with Crippen molar-refractivity contribution in [3.8, 4) is 5.75 Å². The number of rotatable bonds is 8. The van der Waals surface area contributed by atoms with E-state index in [9.17, 15) is 4.79 Å². The van der Waals surface area contributed by atoms with Gasteiger partial charge in [0, 0.05) is 17.7 Å². The summed E-state index contributed by atoms with van der Waals surface area (Å²) in [6.45, 7) is 0.814. The van der Waals surface area contributed by atoms with Gasteiger partial charge in [-0.25, -0.2) is 0 Å². The number of carbonyl (C=O) groups is 1. The zero-order chi connectivity index (χ0) is 20.6. The predicted molar refractivity (Wildman–Crippen MR) is 116 cm³/mol. The molecular weight excluding hydrogens is 362 g/mol. The third-order valence-corrected chi connectivity index (χ3v) is 4.39. The summed E-state index contributed by atoms with van der Waals surface area (Å²) in [7, 11) is 0. The molecule has 5 N–H and O–H groups in total. The summed E-state index contributed by atoms with van der Waals surface area (Å²) < 4.78 is 5.95. The first-order valence-electron chi connectivity index (χ1n) is 9.25. The van der Waals surface area contributed by atoms with Gasteiger partial charge in [0.2, 0.25) is 0 Å². The van der Waals surface area contributed by atoms with Crippen molar-refractivity contribution in [3.63, 3.8) is 0 Å². The van der Waals surface area contributed by atoms with Gasteiger partial charge >= 0.3 is 0 Å². The molecule has 5 heteroatoms. The van der Waals surface area contributed by atoms with Crippen LogP contribution in [0.25, 0.3) is 6.08 Å². The van der Waals surface area contributed by atoms with Crippen molar-refractivity contribution >= 4 is 17.7 Å². The Bertz CT molecular complexity index is 1030. The van der Waals surface area contributed by atoms with E-state index in [1.165, 1.54) is 0 Å². The molecule has 0 aliphatic heterocycles. The molecule has 0 aliphatic carbocycles. The molecule has 3 rings (SSSR count). The van der Waals surface area contributed by atoms with Crippen molar-refractivity contribution in [1.29, 1.82) is 5.41 Å². The second-order valence-corrected chi connectivity index (χ2v) is 6.49. The number of hydrogen-bond acceptors (Lipinski definition) is 4. The second kappa shape index (κ2) is 9.48. The van der Waals surface area contributed by atoms with Gasteiger partial charge in [0.25, 0.3) is 0 Å². The molecule has 29 heavy (non-hydrogen) atoms. The van der Waals surface area contributed by atoms with E-state index in [1.807, 2.05) is 54.6 Å². The summed E-state index contributed by atoms with van der Waals surface area (Å²) in [4.78, 5) is 13.0. The first kappa shape index (κ1) is 20.0. The van der Waals surface area contributed by atoms with E-state index in [0.29, 0.717) is 35.6 Å². The van der Waals surface area contributed by atoms with Crippen molar-refractivity contribution in [2.45, 2.75) is 6.61 Å². The SMILES string of the molecule is N=C(N)c1ccc(OCc2ccc(/C=C/CN)cc2)c(C(=O)c2ccccc2)c1. The van der Waals surface area contributed by atoms with Crippen molar-refractivity contribution in [1.82, 2.24) is 0 Å². The summed E-state index contributed by atoms with van der Waals surface area (Å²) in [6.07, 6.45) is 3.85. The molecule has 146 valence electrons. The number of ether oxygens (including phenoxy) is 1. The normalized spacial score (nSPS) is 10.8. The molecule has 3 aromatic carbocycles. The highest BCUT2D eigenvalue weighted by Gasteiger charge is 2.16. The quantitative estimate of drug-likeness (QED) is 0.312. The summed E-state index contributed by atoms with van der Waals surface area (Å²) in [5.74, 6) is 0.182. The largest absolute Gasteiger partial charge is 0.488 e. The first-order chi connectivity index (χ1) is 14.1. The highest BCUT2D eigenvalue weighted by molar-refractivity contribution is 6.12. The van der Waals surface area contributed by atoms with Gasteiger partial charge in [-0.15, -0.1) is 0 Å². The molecule has 0 bridgehead atoms. The van der Waals surface area contributed by atoms with E-state index in [1.54, 1.807) is 30.3 Å². The van der Waals surface area contributed by atoms with Crippen molar-refractivity contribution in [2.75, 3.05) is 6.54 Å². The van der Waals surface area contributed by atoms with Gasteiger partial charge < -0.3 is 16.2 Å². The van der Waals surface area contributed by atoms with Crippen molar-refractivity contribution < 1.29 is 9.53 Å². The first-order valence-corrected chi connectivity index (χ1v) is 9.25. The van der Waals surface area contributed by atoms with Crippen LogP contribution in [0.2, 0.25) is 0 Å². The van der Waals surface area contributed by atoms with Crippen LogP contribution in [0, 0.1) is 5.41 Å². The monoisotopic (exact) mass is 385 g/mol. The zero-order valence-corrected chi connectivity index (χ0v) is 16.0. The average molecular weight is 385 g/mol. The van der Waals surface area contributed by atoms with Gasteiger partial charge in [-0.05, 0) is 29.3 Å². The molecule has 3 aromatic rings. The molecule has 5 nitrogen and oxygen atoms in total. The zero-order valence-electron chi connectivity index (χ0n) is 16.0. The maximum absolute atomic E-state index is 13.0. The average Bonchev–Trinajstić information content (AvgIpc) is 2.77. The van der Waals surface area contributed by atoms with Crippen molar-refractivity contribution in [2.24, 2.45) is 11.5 Å². The van der Waals surface area contributed by atoms with Crippen molar-refractivity contribution in [3.05, 3.63) is 107 Å². The number of nitrogens with two attached hydrogens (primary N) is 2. The standard InChI is InChI=1S/C24H23N3O2/c25-14-4-5-17-8-10-18(11-9-17)16-29-22-13-12-20(24(26)27)15-21(22)23(28)19-6-2-1-3-7-19/h1-13,15H,14,16,25H2,(H3,26,27)/b5-4+. The van der Waals surface area contributed by atoms with E-state index in [2.05, 4.69) is 0 Å². The van der Waals surface area contributed by atoms with E-state index < -0.39 is 0 Å². The number of amidine groups is 1. The van der Waals surface area contributed by atoms with E-state index >= 15 is 0 Å². The lowest BCUT2D eigenvalue weighted by atomic mass is 10.00. The number of hydrogen-bond donors (Lipinski definition) is 3. The Morgan fingerprint density at radius 3 is 2.34 bits per heavy atom. The Labute approximate surface area is 170 Å². The fourth-order valence-electron chi connectivity index (χ4n) is 2.84. The van der Waals surface area contributed by atoms with Crippen LogP contribution in [0.5, 0.6) is 5.75 Å². The Balaban J connectivity index is 1.84. The third kappa shape index (κ3) is 5.18. The van der Waals surface area contributed by atoms with Crippen LogP contribution in [0.15, 0.2) is 78.9 Å². The van der Waals surface area contributed by atoms with Crippen LogP contribution in [0.1, 0.15) is 32.6 Å². The van der Waals surface area contributed by atoms with Crippen LogP contribution < -0.4 is 16.2 Å². The second-order valence-electron chi connectivity index (χ2n) is 6.49. The Morgan fingerprint density at radius 1 is 0.966 bits per heavy atom. The van der Waals surface area contributed by atoms with E-state index in [-0.39, 0.29) is 11.6 Å². The molecule has 0 atom stereocenters. The lowest BCUT2D eigenvalue weighted by molar-refractivity contribution is 0.103. The molecule has 0 heterocycles. The summed E-state index contributed by atoms with van der Waals surface area (Å²) in [5.41, 5.74) is 14.5. The number of carbonyl (C=O) groups excluding carboxylic acids is 1. The number of benzene rings is 3. The fourth-order valence-corrected chi connectivity index (χ4v) is 2.84. The van der Waals surface area contributed by atoms with Crippen LogP contribution in [-0.2, 0) is 6.61 Å². The maximum Gasteiger partial charge on any atom is 0.196 e. The number of nitrogens with one attached hydrogen (secondary N) is 1. The summed E-state index contributed by atoms with van der Waals surface area (Å²) >= 11 is 0. The van der Waals surface area contributed by atoms with Gasteiger partial charge in [-0.3, -0.25) is 10.2 Å². The molecule has 0 unspecified atom stereocenters. The molecule has 0 spiro atoms. The van der Waals surface area contributed by atoms with Gasteiger partial charge in [0.1, 0.15) is 18.2 Å². The highest BCUT2D eigenvalue weighted by Crippen LogP contribution is 2.24. The molecule has 0 saturated heterocycles. The number of ketones is 1. The molecule has 0 aromatic heterocycles. The van der Waals surface area contributed by atoms with Crippen LogP contribution in [0.4, 0.5) is 0 Å². The number of nitrogen functional groups attached to an aromatic ring is 1. The smallest absolute Gasteiger partial charge is 0.196 e. The Hall–Kier alpha value is -3.70.